The van der Waals surface area contributed by atoms with Crippen LogP contribution in [0.25, 0.3) is 0 Å². The summed E-state index contributed by atoms with van der Waals surface area (Å²) in [5.74, 6) is -6.43. The first-order valence-electron chi connectivity index (χ1n) is 17.3. The Hall–Kier alpha value is -6.24. The summed E-state index contributed by atoms with van der Waals surface area (Å²) in [4.78, 5) is 96.3. The van der Waals surface area contributed by atoms with Gasteiger partial charge in [0, 0.05) is 25.9 Å². The van der Waals surface area contributed by atoms with E-state index in [4.69, 9.17) is 22.9 Å². The van der Waals surface area contributed by atoms with Gasteiger partial charge in [0.05, 0.1) is 13.0 Å². The van der Waals surface area contributed by atoms with Gasteiger partial charge in [0.1, 0.15) is 36.0 Å². The van der Waals surface area contributed by atoms with Crippen molar-refractivity contribution in [1.29, 1.82) is 0 Å². The van der Waals surface area contributed by atoms with Crippen LogP contribution in [0.3, 0.4) is 0 Å². The second-order valence-electron chi connectivity index (χ2n) is 12.7. The molecule has 1 aliphatic heterocycles. The summed E-state index contributed by atoms with van der Waals surface area (Å²) in [6.45, 7) is 0.106. The molecular weight excluding hydrogens is 704 g/mol. The van der Waals surface area contributed by atoms with E-state index < -0.39 is 78.0 Å². The van der Waals surface area contributed by atoms with Crippen LogP contribution in [0.4, 0.5) is 0 Å². The zero-order valence-corrected chi connectivity index (χ0v) is 29.6. The van der Waals surface area contributed by atoms with E-state index in [0.717, 1.165) is 0 Å². The van der Waals surface area contributed by atoms with E-state index in [0.29, 0.717) is 30.5 Å². The summed E-state index contributed by atoms with van der Waals surface area (Å²) in [5, 5.41) is 29.6. The molecule has 54 heavy (non-hydrogen) atoms. The van der Waals surface area contributed by atoms with Gasteiger partial charge < -0.3 is 59.3 Å². The van der Waals surface area contributed by atoms with E-state index in [1.807, 2.05) is 0 Å². The van der Waals surface area contributed by atoms with Crippen LogP contribution in [-0.2, 0) is 46.4 Å². The number of primary amides is 1. The molecule has 292 valence electrons. The molecule has 1 saturated heterocycles. The molecule has 0 radical (unpaired) electrons. The number of phenolic OH excluding ortho intramolecular Hbond substituents is 1. The molecule has 6 amide bonds. The molecule has 0 bridgehead atoms. The van der Waals surface area contributed by atoms with E-state index >= 15 is 0 Å². The fraction of sp³-hybridized carbons (Fsp3) is 0.429. The van der Waals surface area contributed by atoms with Crippen molar-refractivity contribution in [2.24, 2.45) is 27.9 Å². The second-order valence-corrected chi connectivity index (χ2v) is 12.7. The number of nitrogens with one attached hydrogen (secondary N) is 4. The number of aliphatic imine (C=N–C) groups is 1. The van der Waals surface area contributed by atoms with Crippen molar-refractivity contribution in [3.8, 4) is 5.75 Å². The number of benzene rings is 2. The average Bonchev–Trinajstić information content (AvgIpc) is 3.63. The number of nitrogens with two attached hydrogens (primary N) is 4. The molecule has 1 aliphatic rings. The Labute approximate surface area is 311 Å². The highest BCUT2D eigenvalue weighted by Gasteiger charge is 2.36. The Morgan fingerprint density at radius 3 is 1.96 bits per heavy atom. The van der Waals surface area contributed by atoms with Crippen molar-refractivity contribution < 1.29 is 43.8 Å². The number of nitrogens with zero attached hydrogens (tertiary/aromatic N) is 2. The highest BCUT2D eigenvalue weighted by Crippen LogP contribution is 2.18. The van der Waals surface area contributed by atoms with Crippen molar-refractivity contribution in [3.05, 3.63) is 65.7 Å². The molecule has 0 saturated carbocycles. The van der Waals surface area contributed by atoms with Crippen molar-refractivity contribution in [3.63, 3.8) is 0 Å². The number of rotatable bonds is 20. The molecule has 0 aliphatic carbocycles. The lowest BCUT2D eigenvalue weighted by atomic mass is 10.0. The van der Waals surface area contributed by atoms with Crippen molar-refractivity contribution in [2.75, 3.05) is 19.6 Å². The Morgan fingerprint density at radius 2 is 1.35 bits per heavy atom. The molecule has 14 N–H and O–H groups in total. The second kappa shape index (κ2) is 20.7. The summed E-state index contributed by atoms with van der Waals surface area (Å²) < 4.78 is 0. The summed E-state index contributed by atoms with van der Waals surface area (Å²) in [7, 11) is 0. The van der Waals surface area contributed by atoms with Crippen LogP contribution < -0.4 is 44.2 Å². The normalized spacial score (nSPS) is 15.8. The van der Waals surface area contributed by atoms with E-state index in [1.165, 1.54) is 29.2 Å². The fourth-order valence-corrected chi connectivity index (χ4v) is 5.85. The fourth-order valence-electron chi connectivity index (χ4n) is 5.85. The summed E-state index contributed by atoms with van der Waals surface area (Å²) >= 11 is 0. The van der Waals surface area contributed by atoms with Gasteiger partial charge in [0.15, 0.2) is 5.96 Å². The van der Waals surface area contributed by atoms with E-state index in [2.05, 4.69) is 26.3 Å². The molecular formula is C35H48N10O9. The number of carboxylic acids is 1. The van der Waals surface area contributed by atoms with E-state index in [9.17, 15) is 43.8 Å². The number of aromatic hydroxyl groups is 1. The van der Waals surface area contributed by atoms with Gasteiger partial charge in [-0.2, -0.15) is 0 Å². The molecule has 2 aromatic carbocycles. The summed E-state index contributed by atoms with van der Waals surface area (Å²) in [6, 6.07) is 7.52. The zero-order valence-electron chi connectivity index (χ0n) is 29.6. The van der Waals surface area contributed by atoms with Crippen LogP contribution in [0.1, 0.15) is 43.2 Å². The maximum Gasteiger partial charge on any atom is 0.326 e. The number of aliphatic carboxylic acids is 1. The number of carbonyl (C=O) groups is 7. The van der Waals surface area contributed by atoms with Crippen LogP contribution in [-0.4, -0.2) is 112 Å². The lowest BCUT2D eigenvalue weighted by Gasteiger charge is -2.28. The molecule has 1 fully saturated rings. The van der Waals surface area contributed by atoms with Crippen LogP contribution in [0, 0.1) is 0 Å². The Kier molecular flexibility index (Phi) is 16.2. The number of carbonyl (C=O) groups excluding carboxylic acids is 6. The standard InChI is InChI=1S/C35H48N10O9/c36-19-29(48)45-15-5-9-27(45)33(52)41-23(8-4-14-40-35(38)39)30(49)42-24(16-21-10-12-22(46)13-11-21)31(50)43-25(18-28(37)47)32(51)44-26(34(53)54)17-20-6-2-1-3-7-20/h1-3,6-7,10-13,23-27,46H,4-5,8-9,14-19,36H2,(H2,37,47)(H,41,52)(H,42,49)(H,43,50)(H,44,51)(H,53,54)(H4,38,39,40). The zero-order chi connectivity index (χ0) is 39.8. The number of amides is 6. The maximum atomic E-state index is 13.9. The van der Waals surface area contributed by atoms with Crippen LogP contribution >= 0.6 is 0 Å². The van der Waals surface area contributed by atoms with E-state index in [-0.39, 0.29) is 50.5 Å². The van der Waals surface area contributed by atoms with Gasteiger partial charge in [0.25, 0.3) is 0 Å². The van der Waals surface area contributed by atoms with Crippen molar-refractivity contribution in [1.82, 2.24) is 26.2 Å². The lowest BCUT2D eigenvalue weighted by Crippen LogP contribution is -2.59. The van der Waals surface area contributed by atoms with Crippen LogP contribution in [0.2, 0.25) is 0 Å². The topological polar surface area (TPSA) is 328 Å². The number of carboxylic acid groups (broad SMARTS) is 1. The Bertz CT molecular complexity index is 1670. The molecule has 19 heteroatoms. The predicted molar refractivity (Wildman–Crippen MR) is 195 cm³/mol. The van der Waals surface area contributed by atoms with Crippen molar-refractivity contribution in [2.45, 2.75) is 75.2 Å². The summed E-state index contributed by atoms with van der Waals surface area (Å²) in [5.41, 5.74) is 22.8. The van der Waals surface area contributed by atoms with Gasteiger partial charge in [-0.15, -0.1) is 0 Å². The van der Waals surface area contributed by atoms with Gasteiger partial charge in [0.2, 0.25) is 35.4 Å². The summed E-state index contributed by atoms with van der Waals surface area (Å²) in [6.07, 6.45) is 0.0965. The number of phenols is 1. The van der Waals surface area contributed by atoms with E-state index in [1.54, 1.807) is 30.3 Å². The molecule has 19 nitrogen and oxygen atoms in total. The highest BCUT2D eigenvalue weighted by molar-refractivity contribution is 5.97. The minimum atomic E-state index is -1.64. The van der Waals surface area contributed by atoms with Gasteiger partial charge in [-0.25, -0.2) is 4.79 Å². The third-order valence-electron chi connectivity index (χ3n) is 8.57. The first kappa shape index (κ1) is 42.2. The average molecular weight is 753 g/mol. The third kappa shape index (κ3) is 13.4. The highest BCUT2D eigenvalue weighted by atomic mass is 16.4. The van der Waals surface area contributed by atoms with Gasteiger partial charge in [-0.05, 0) is 48.9 Å². The van der Waals surface area contributed by atoms with Gasteiger partial charge in [-0.3, -0.25) is 33.8 Å². The first-order chi connectivity index (χ1) is 25.7. The largest absolute Gasteiger partial charge is 0.508 e. The van der Waals surface area contributed by atoms with Gasteiger partial charge in [-0.1, -0.05) is 42.5 Å². The molecule has 5 unspecified atom stereocenters. The smallest absolute Gasteiger partial charge is 0.326 e. The van der Waals surface area contributed by atoms with Crippen molar-refractivity contribution >= 4 is 47.4 Å². The molecule has 0 spiro atoms. The molecule has 1 heterocycles. The number of hydrogen-bond donors (Lipinski definition) is 10. The molecule has 2 aromatic rings. The predicted octanol–water partition coefficient (Wildman–Crippen LogP) is -2.92. The third-order valence-corrected chi connectivity index (χ3v) is 8.57. The minimum absolute atomic E-state index is 0.00412. The Morgan fingerprint density at radius 1 is 0.778 bits per heavy atom. The molecule has 0 aromatic heterocycles. The number of likely N-dealkylation sites (tertiary alicyclic amines) is 1. The quantitative estimate of drug-likeness (QED) is 0.0370. The SMILES string of the molecule is NCC(=O)N1CCCC1C(=O)NC(CCCN=C(N)N)C(=O)NC(Cc1ccc(O)cc1)C(=O)NC(CC(N)=O)C(=O)NC(Cc1ccccc1)C(=O)O. The van der Waals surface area contributed by atoms with Gasteiger partial charge >= 0.3 is 5.97 Å². The number of guanidine groups is 1. The maximum absolute atomic E-state index is 13.9. The first-order valence-corrected chi connectivity index (χ1v) is 17.3. The molecule has 3 rings (SSSR count). The van der Waals surface area contributed by atoms with Crippen LogP contribution in [0.15, 0.2) is 59.6 Å². The Balaban J connectivity index is 1.87. The van der Waals surface area contributed by atoms with Crippen LogP contribution in [0.5, 0.6) is 5.75 Å². The minimum Gasteiger partial charge on any atom is -0.508 e. The molecule has 5 atom stereocenters. The monoisotopic (exact) mass is 752 g/mol. The number of hydrogen-bond acceptors (Lipinski definition) is 10. The lowest BCUT2D eigenvalue weighted by molar-refractivity contribution is -0.142.